The molecular formula is C20H16BrN3O2. The van der Waals surface area contributed by atoms with E-state index in [-0.39, 0.29) is 5.91 Å². The Balaban J connectivity index is 1.53. The first-order valence-electron chi connectivity index (χ1n) is 8.16. The minimum atomic E-state index is -0.283. The average molecular weight is 410 g/mol. The van der Waals surface area contributed by atoms with Crippen molar-refractivity contribution in [3.05, 3.63) is 82.3 Å². The second-order valence-corrected chi connectivity index (χ2v) is 6.98. The number of carbonyl (C=O) groups excluding carboxylic acids is 1. The predicted octanol–water partition coefficient (Wildman–Crippen LogP) is 5.00. The van der Waals surface area contributed by atoms with Crippen LogP contribution < -0.4 is 5.32 Å². The normalized spacial score (nSPS) is 11.0. The molecule has 0 radical (unpaired) electrons. The second kappa shape index (κ2) is 6.80. The van der Waals surface area contributed by atoms with Crippen molar-refractivity contribution >= 4 is 38.5 Å². The molecule has 5 nitrogen and oxygen atoms in total. The summed E-state index contributed by atoms with van der Waals surface area (Å²) in [5.41, 5.74) is 3.28. The van der Waals surface area contributed by atoms with Crippen LogP contribution in [0.2, 0.25) is 0 Å². The van der Waals surface area contributed by atoms with Crippen LogP contribution in [0.25, 0.3) is 11.0 Å². The summed E-state index contributed by atoms with van der Waals surface area (Å²) in [5.74, 6) is 0.0305. The van der Waals surface area contributed by atoms with Crippen molar-refractivity contribution < 1.29 is 9.21 Å². The van der Waals surface area contributed by atoms with Crippen LogP contribution in [-0.2, 0) is 6.54 Å². The summed E-state index contributed by atoms with van der Waals surface area (Å²) in [6.07, 6.45) is 3.44. The summed E-state index contributed by atoms with van der Waals surface area (Å²) in [5, 5.41) is 8.07. The zero-order valence-electron chi connectivity index (χ0n) is 14.1. The highest BCUT2D eigenvalue weighted by Crippen LogP contribution is 2.28. The van der Waals surface area contributed by atoms with Gasteiger partial charge in [0.2, 0.25) is 0 Å². The van der Waals surface area contributed by atoms with E-state index in [1.165, 1.54) is 0 Å². The fourth-order valence-corrected chi connectivity index (χ4v) is 3.24. The Morgan fingerprint density at radius 3 is 2.85 bits per heavy atom. The van der Waals surface area contributed by atoms with Crippen molar-refractivity contribution in [1.82, 2.24) is 9.78 Å². The minimum Gasteiger partial charge on any atom is -0.451 e. The molecule has 4 rings (SSSR count). The van der Waals surface area contributed by atoms with Gasteiger partial charge in [0.25, 0.3) is 5.91 Å². The van der Waals surface area contributed by atoms with Gasteiger partial charge in [0.15, 0.2) is 5.76 Å². The third-order valence-corrected chi connectivity index (χ3v) is 4.68. The Morgan fingerprint density at radius 1 is 1.23 bits per heavy atom. The molecule has 0 atom stereocenters. The number of nitrogens with one attached hydrogen (secondary N) is 1. The van der Waals surface area contributed by atoms with E-state index in [0.717, 1.165) is 21.0 Å². The molecule has 26 heavy (non-hydrogen) atoms. The number of rotatable bonds is 4. The van der Waals surface area contributed by atoms with E-state index in [1.807, 2.05) is 55.5 Å². The summed E-state index contributed by atoms with van der Waals surface area (Å²) >= 11 is 3.44. The van der Waals surface area contributed by atoms with Crippen molar-refractivity contribution in [2.75, 3.05) is 5.32 Å². The molecule has 0 aliphatic rings. The number of amides is 1. The lowest BCUT2D eigenvalue weighted by Gasteiger charge is -2.02. The number of hydrogen-bond acceptors (Lipinski definition) is 3. The van der Waals surface area contributed by atoms with Crippen molar-refractivity contribution in [3.63, 3.8) is 0 Å². The standard InChI is InChI=1S/C20H16BrN3O2/c1-13-17-9-15(21)7-8-18(17)26-19(13)20(25)23-16-10-22-24(12-16)11-14-5-3-2-4-6-14/h2-10,12H,11H2,1H3,(H,23,25). The van der Waals surface area contributed by atoms with Gasteiger partial charge in [-0.05, 0) is 30.7 Å². The number of carbonyl (C=O) groups is 1. The molecule has 0 unspecified atom stereocenters. The topological polar surface area (TPSA) is 60.1 Å². The summed E-state index contributed by atoms with van der Waals surface area (Å²) in [7, 11) is 0. The van der Waals surface area contributed by atoms with E-state index in [0.29, 0.717) is 23.6 Å². The molecule has 2 heterocycles. The van der Waals surface area contributed by atoms with Crippen LogP contribution in [-0.4, -0.2) is 15.7 Å². The maximum absolute atomic E-state index is 12.6. The fourth-order valence-electron chi connectivity index (χ4n) is 2.88. The van der Waals surface area contributed by atoms with Crippen molar-refractivity contribution in [3.8, 4) is 0 Å². The van der Waals surface area contributed by atoms with Crippen LogP contribution in [0.3, 0.4) is 0 Å². The summed E-state index contributed by atoms with van der Waals surface area (Å²) < 4.78 is 8.46. The van der Waals surface area contributed by atoms with Gasteiger partial charge in [-0.25, -0.2) is 0 Å². The number of hydrogen-bond donors (Lipinski definition) is 1. The van der Waals surface area contributed by atoms with Crippen molar-refractivity contribution in [2.45, 2.75) is 13.5 Å². The molecule has 4 aromatic rings. The van der Waals surface area contributed by atoms with Crippen LogP contribution in [0.15, 0.2) is 69.8 Å². The van der Waals surface area contributed by atoms with Gasteiger partial charge >= 0.3 is 0 Å². The van der Waals surface area contributed by atoms with Gasteiger partial charge in [-0.2, -0.15) is 5.10 Å². The lowest BCUT2D eigenvalue weighted by atomic mass is 10.1. The van der Waals surface area contributed by atoms with Crippen LogP contribution >= 0.6 is 15.9 Å². The smallest absolute Gasteiger partial charge is 0.291 e. The number of fused-ring (bicyclic) bond motifs is 1. The van der Waals surface area contributed by atoms with E-state index in [1.54, 1.807) is 17.1 Å². The van der Waals surface area contributed by atoms with Gasteiger partial charge in [-0.3, -0.25) is 9.48 Å². The van der Waals surface area contributed by atoms with Gasteiger partial charge in [-0.15, -0.1) is 0 Å². The van der Waals surface area contributed by atoms with Crippen molar-refractivity contribution in [2.24, 2.45) is 0 Å². The molecule has 1 amide bonds. The molecule has 6 heteroatoms. The summed E-state index contributed by atoms with van der Waals surface area (Å²) in [4.78, 5) is 12.6. The van der Waals surface area contributed by atoms with Crippen LogP contribution in [0.5, 0.6) is 0 Å². The highest BCUT2D eigenvalue weighted by atomic mass is 79.9. The lowest BCUT2D eigenvalue weighted by Crippen LogP contribution is -2.11. The molecule has 2 aromatic heterocycles. The first kappa shape index (κ1) is 16.6. The molecule has 0 spiro atoms. The number of furan rings is 1. The van der Waals surface area contributed by atoms with E-state index in [2.05, 4.69) is 26.3 Å². The number of anilines is 1. The molecule has 0 saturated heterocycles. The largest absolute Gasteiger partial charge is 0.451 e. The highest BCUT2D eigenvalue weighted by molar-refractivity contribution is 9.10. The van der Waals surface area contributed by atoms with Gasteiger partial charge in [-0.1, -0.05) is 46.3 Å². The Bertz CT molecular complexity index is 1080. The molecule has 0 saturated carbocycles. The highest BCUT2D eigenvalue weighted by Gasteiger charge is 2.18. The second-order valence-electron chi connectivity index (χ2n) is 6.06. The number of aromatic nitrogens is 2. The van der Waals surface area contributed by atoms with Gasteiger partial charge in [0, 0.05) is 21.6 Å². The zero-order valence-corrected chi connectivity index (χ0v) is 15.7. The molecule has 130 valence electrons. The Morgan fingerprint density at radius 2 is 2.04 bits per heavy atom. The van der Waals surface area contributed by atoms with Gasteiger partial charge < -0.3 is 9.73 Å². The quantitative estimate of drug-likeness (QED) is 0.515. The van der Waals surface area contributed by atoms with E-state index < -0.39 is 0 Å². The molecule has 0 aliphatic heterocycles. The summed E-state index contributed by atoms with van der Waals surface area (Å²) in [6.45, 7) is 2.53. The first-order valence-corrected chi connectivity index (χ1v) is 8.96. The maximum Gasteiger partial charge on any atom is 0.291 e. The molecule has 1 N–H and O–H groups in total. The van der Waals surface area contributed by atoms with Gasteiger partial charge in [0.05, 0.1) is 18.4 Å². The van der Waals surface area contributed by atoms with Crippen LogP contribution in [0.4, 0.5) is 5.69 Å². The number of aryl methyl sites for hydroxylation is 1. The third-order valence-electron chi connectivity index (χ3n) is 4.18. The minimum absolute atomic E-state index is 0.283. The predicted molar refractivity (Wildman–Crippen MR) is 104 cm³/mol. The summed E-state index contributed by atoms with van der Waals surface area (Å²) in [6, 6.07) is 15.7. The maximum atomic E-state index is 12.6. The zero-order chi connectivity index (χ0) is 18.1. The fraction of sp³-hybridized carbons (Fsp3) is 0.100. The average Bonchev–Trinajstić information content (AvgIpc) is 3.20. The van der Waals surface area contributed by atoms with Crippen molar-refractivity contribution in [1.29, 1.82) is 0 Å². The van der Waals surface area contributed by atoms with Crippen LogP contribution in [0, 0.1) is 6.92 Å². The Kier molecular flexibility index (Phi) is 4.34. The lowest BCUT2D eigenvalue weighted by molar-refractivity contribution is 0.0998. The Labute approximate surface area is 158 Å². The number of benzene rings is 2. The van der Waals surface area contributed by atoms with E-state index in [4.69, 9.17) is 4.42 Å². The monoisotopic (exact) mass is 409 g/mol. The number of halogens is 1. The third kappa shape index (κ3) is 3.28. The molecule has 0 fully saturated rings. The molecule has 0 bridgehead atoms. The van der Waals surface area contributed by atoms with Gasteiger partial charge in [0.1, 0.15) is 5.58 Å². The van der Waals surface area contributed by atoms with E-state index in [9.17, 15) is 4.79 Å². The van der Waals surface area contributed by atoms with Crippen LogP contribution in [0.1, 0.15) is 21.7 Å². The molecular weight excluding hydrogens is 394 g/mol. The Hall–Kier alpha value is -2.86. The number of nitrogens with zero attached hydrogens (tertiary/aromatic N) is 2. The first-order chi connectivity index (χ1) is 12.6. The molecule has 2 aromatic carbocycles. The molecule has 0 aliphatic carbocycles. The van der Waals surface area contributed by atoms with E-state index >= 15 is 0 Å². The SMILES string of the molecule is Cc1c(C(=O)Nc2cnn(Cc3ccccc3)c2)oc2ccc(Br)cc12.